The van der Waals surface area contributed by atoms with Gasteiger partial charge in [-0.05, 0) is 38.2 Å². The Bertz CT molecular complexity index is 1090. The lowest BCUT2D eigenvalue weighted by molar-refractivity contribution is 0.455. The minimum Gasteiger partial charge on any atom is -0.455 e. The molecule has 3 aromatic rings. The predicted octanol–water partition coefficient (Wildman–Crippen LogP) is 7.04. The van der Waals surface area contributed by atoms with E-state index in [4.69, 9.17) is 16.3 Å². The molecular weight excluding hydrogens is 425 g/mol. The molecule has 0 N–H and O–H groups in total. The van der Waals surface area contributed by atoms with Crippen LogP contribution >= 0.6 is 24.0 Å². The number of rotatable bonds is 4. The van der Waals surface area contributed by atoms with Crippen LogP contribution in [0.3, 0.4) is 0 Å². The Morgan fingerprint density at radius 1 is 0.903 bits per heavy atom. The molecule has 4 rings (SSSR count). The van der Waals surface area contributed by atoms with Gasteiger partial charge in [0.1, 0.15) is 5.75 Å². The predicted molar refractivity (Wildman–Crippen MR) is 133 cm³/mol. The number of hydrogen-bond donors (Lipinski definition) is 0. The van der Waals surface area contributed by atoms with Crippen LogP contribution in [0.15, 0.2) is 95.5 Å². The van der Waals surface area contributed by atoms with Crippen molar-refractivity contribution >= 4 is 29.8 Å². The third kappa shape index (κ3) is 5.04. The summed E-state index contributed by atoms with van der Waals surface area (Å²) in [5.74, 6) is 1.54. The molecule has 0 saturated heterocycles. The number of nitrogens with zero attached hydrogens (tertiary/aromatic N) is 1. The summed E-state index contributed by atoms with van der Waals surface area (Å²) >= 11 is 7.11. The first kappa shape index (κ1) is 23.1. The van der Waals surface area contributed by atoms with Crippen LogP contribution in [-0.2, 0) is 0 Å². The van der Waals surface area contributed by atoms with Gasteiger partial charge in [0.15, 0.2) is 5.76 Å². The number of halogens is 2. The SMILES string of the molecule is Cc1ccc(C2=C(Cl)/C(=C\CN(C)C)C(c3ccccc3)c3ccccc3O2)cc1.Cl. The van der Waals surface area contributed by atoms with Gasteiger partial charge in [0.05, 0.1) is 5.03 Å². The topological polar surface area (TPSA) is 12.5 Å². The lowest BCUT2D eigenvalue weighted by atomic mass is 9.84. The fourth-order valence-electron chi connectivity index (χ4n) is 3.78. The second kappa shape index (κ2) is 10.2. The fraction of sp³-hybridized carbons (Fsp3) is 0.185. The van der Waals surface area contributed by atoms with Crippen molar-refractivity contribution in [1.29, 1.82) is 0 Å². The van der Waals surface area contributed by atoms with E-state index in [-0.39, 0.29) is 18.3 Å². The van der Waals surface area contributed by atoms with E-state index in [9.17, 15) is 0 Å². The van der Waals surface area contributed by atoms with Crippen LogP contribution in [0, 0.1) is 6.92 Å². The molecule has 0 aromatic heterocycles. The molecule has 0 radical (unpaired) electrons. The Morgan fingerprint density at radius 3 is 2.23 bits per heavy atom. The monoisotopic (exact) mass is 451 g/mol. The highest BCUT2D eigenvalue weighted by Crippen LogP contribution is 2.47. The summed E-state index contributed by atoms with van der Waals surface area (Å²) in [5, 5.41) is 0.658. The summed E-state index contributed by atoms with van der Waals surface area (Å²) in [4.78, 5) is 2.14. The molecule has 3 aromatic carbocycles. The van der Waals surface area contributed by atoms with Crippen LogP contribution < -0.4 is 4.74 Å². The third-order valence-corrected chi connectivity index (χ3v) is 5.72. The van der Waals surface area contributed by atoms with Gasteiger partial charge in [-0.15, -0.1) is 12.4 Å². The Balaban J connectivity index is 0.00000272. The van der Waals surface area contributed by atoms with Crippen molar-refractivity contribution in [3.8, 4) is 5.75 Å². The second-order valence-electron chi connectivity index (χ2n) is 7.91. The lowest BCUT2D eigenvalue weighted by Gasteiger charge is -2.21. The summed E-state index contributed by atoms with van der Waals surface area (Å²) in [5.41, 5.74) is 5.56. The van der Waals surface area contributed by atoms with Gasteiger partial charge in [0.2, 0.25) is 0 Å². The van der Waals surface area contributed by atoms with Gasteiger partial charge in [-0.2, -0.15) is 0 Å². The minimum absolute atomic E-state index is 0. The quantitative estimate of drug-likeness (QED) is 0.421. The largest absolute Gasteiger partial charge is 0.455 e. The van der Waals surface area contributed by atoms with E-state index in [2.05, 4.69) is 92.7 Å². The molecular formula is C27H27Cl2NO. The van der Waals surface area contributed by atoms with Crippen molar-refractivity contribution in [2.75, 3.05) is 20.6 Å². The number of fused-ring (bicyclic) bond motifs is 1. The zero-order valence-corrected chi connectivity index (χ0v) is 19.6. The van der Waals surface area contributed by atoms with Crippen LogP contribution in [0.1, 0.15) is 28.2 Å². The summed E-state index contributed by atoms with van der Waals surface area (Å²) in [6, 6.07) is 27.1. The molecule has 1 aliphatic rings. The van der Waals surface area contributed by atoms with Gasteiger partial charge in [-0.1, -0.05) is 96.0 Å². The molecule has 2 nitrogen and oxygen atoms in total. The maximum absolute atomic E-state index is 7.11. The molecule has 0 fully saturated rings. The van der Waals surface area contributed by atoms with Crippen LogP contribution in [0.25, 0.3) is 5.76 Å². The van der Waals surface area contributed by atoms with Crippen LogP contribution in [0.4, 0.5) is 0 Å². The maximum Gasteiger partial charge on any atom is 0.153 e. The van der Waals surface area contributed by atoms with Gasteiger partial charge >= 0.3 is 0 Å². The van der Waals surface area contributed by atoms with Crippen molar-refractivity contribution in [3.05, 3.63) is 118 Å². The van der Waals surface area contributed by atoms with Gasteiger partial charge in [0, 0.05) is 23.6 Å². The molecule has 1 atom stereocenters. The standard InChI is InChI=1S/C27H26ClNO.ClH/c1-19-13-15-21(16-14-19)27-26(28)23(17-18-29(2)3)25(20-9-5-4-6-10-20)22-11-7-8-12-24(22)30-27;/h4-17,25H,18H2,1-3H3;1H/b23-17-;. The number of benzene rings is 3. The molecule has 160 valence electrons. The van der Waals surface area contributed by atoms with E-state index in [1.807, 2.05) is 18.2 Å². The highest BCUT2D eigenvalue weighted by atomic mass is 35.5. The van der Waals surface area contributed by atoms with E-state index in [1.165, 1.54) is 11.1 Å². The Labute approximate surface area is 196 Å². The maximum atomic E-state index is 7.11. The smallest absolute Gasteiger partial charge is 0.153 e. The zero-order chi connectivity index (χ0) is 21.1. The molecule has 1 aliphatic heterocycles. The fourth-order valence-corrected chi connectivity index (χ4v) is 4.11. The molecule has 0 aliphatic carbocycles. The lowest BCUT2D eigenvalue weighted by Crippen LogP contribution is -2.13. The van der Waals surface area contributed by atoms with Crippen LogP contribution in [-0.4, -0.2) is 25.5 Å². The van der Waals surface area contributed by atoms with Gasteiger partial charge in [-0.25, -0.2) is 0 Å². The van der Waals surface area contributed by atoms with Crippen molar-refractivity contribution < 1.29 is 4.74 Å². The summed E-state index contributed by atoms with van der Waals surface area (Å²) in [6.45, 7) is 2.87. The van der Waals surface area contributed by atoms with E-state index in [0.717, 1.165) is 29.0 Å². The molecule has 31 heavy (non-hydrogen) atoms. The van der Waals surface area contributed by atoms with Crippen LogP contribution in [0.5, 0.6) is 5.75 Å². The summed E-state index contributed by atoms with van der Waals surface area (Å²) < 4.78 is 6.48. The van der Waals surface area contributed by atoms with Crippen molar-refractivity contribution in [2.45, 2.75) is 12.8 Å². The molecule has 4 heteroatoms. The average molecular weight is 452 g/mol. The normalized spacial score (nSPS) is 17.1. The highest BCUT2D eigenvalue weighted by molar-refractivity contribution is 6.35. The molecule has 0 saturated carbocycles. The van der Waals surface area contributed by atoms with Gasteiger partial charge in [0.25, 0.3) is 0 Å². The number of allylic oxidation sites excluding steroid dienone is 2. The number of likely N-dealkylation sites (N-methyl/N-ethyl adjacent to an activating group) is 1. The molecule has 1 heterocycles. The number of para-hydroxylation sites is 1. The molecule has 0 bridgehead atoms. The molecule has 1 unspecified atom stereocenters. The molecule has 0 spiro atoms. The minimum atomic E-state index is -0.00204. The number of hydrogen-bond acceptors (Lipinski definition) is 2. The zero-order valence-electron chi connectivity index (χ0n) is 18.0. The van der Waals surface area contributed by atoms with E-state index >= 15 is 0 Å². The first-order valence-electron chi connectivity index (χ1n) is 10.2. The van der Waals surface area contributed by atoms with E-state index < -0.39 is 0 Å². The second-order valence-corrected chi connectivity index (χ2v) is 8.29. The van der Waals surface area contributed by atoms with Crippen molar-refractivity contribution in [2.24, 2.45) is 0 Å². The number of ether oxygens (including phenoxy) is 1. The molecule has 0 amide bonds. The van der Waals surface area contributed by atoms with Crippen molar-refractivity contribution in [1.82, 2.24) is 4.90 Å². The van der Waals surface area contributed by atoms with E-state index in [0.29, 0.717) is 10.8 Å². The highest BCUT2D eigenvalue weighted by Gasteiger charge is 2.30. The van der Waals surface area contributed by atoms with Gasteiger partial charge < -0.3 is 9.64 Å². The van der Waals surface area contributed by atoms with Crippen molar-refractivity contribution in [3.63, 3.8) is 0 Å². The van der Waals surface area contributed by atoms with E-state index in [1.54, 1.807) is 0 Å². The summed E-state index contributed by atoms with van der Waals surface area (Å²) in [6.07, 6.45) is 2.22. The Kier molecular flexibility index (Phi) is 7.61. The number of aryl methyl sites for hydroxylation is 1. The average Bonchev–Trinajstić information content (AvgIpc) is 2.88. The first-order chi connectivity index (χ1) is 14.5. The van der Waals surface area contributed by atoms with Gasteiger partial charge in [-0.3, -0.25) is 0 Å². The third-order valence-electron chi connectivity index (χ3n) is 5.33. The summed E-state index contributed by atoms with van der Waals surface area (Å²) in [7, 11) is 4.13. The van der Waals surface area contributed by atoms with Crippen LogP contribution in [0.2, 0.25) is 0 Å². The Hall–Kier alpha value is -2.52. The first-order valence-corrected chi connectivity index (χ1v) is 10.6. The Morgan fingerprint density at radius 2 is 1.55 bits per heavy atom.